The summed E-state index contributed by atoms with van der Waals surface area (Å²) in [7, 11) is 0. The van der Waals surface area contributed by atoms with Gasteiger partial charge < -0.3 is 10.1 Å². The normalized spacial score (nSPS) is 19.1. The van der Waals surface area contributed by atoms with Crippen LogP contribution in [-0.4, -0.2) is 35.7 Å². The molecule has 0 amide bonds. The van der Waals surface area contributed by atoms with Gasteiger partial charge in [-0.15, -0.1) is 0 Å². The predicted octanol–water partition coefficient (Wildman–Crippen LogP) is 3.19. The van der Waals surface area contributed by atoms with Crippen LogP contribution in [0.4, 0.5) is 0 Å². The number of nitrogens with one attached hydrogen (secondary N) is 1. The van der Waals surface area contributed by atoms with E-state index in [1.165, 1.54) is 22.8 Å². The van der Waals surface area contributed by atoms with Crippen molar-refractivity contribution < 1.29 is 4.74 Å². The molecule has 19 heavy (non-hydrogen) atoms. The second-order valence-electron chi connectivity index (χ2n) is 4.41. The van der Waals surface area contributed by atoms with E-state index in [0.29, 0.717) is 6.61 Å². The fourth-order valence-corrected chi connectivity index (χ4v) is 4.61. The van der Waals surface area contributed by atoms with Crippen LogP contribution in [-0.2, 0) is 6.54 Å². The molecule has 1 saturated heterocycles. The maximum absolute atomic E-state index is 5.66. The molecule has 1 aromatic carbocycles. The number of benzene rings is 1. The van der Waals surface area contributed by atoms with Gasteiger partial charge in [-0.2, -0.15) is 23.5 Å². The van der Waals surface area contributed by atoms with Crippen molar-refractivity contribution in [2.24, 2.45) is 0 Å². The molecule has 4 heteroatoms. The van der Waals surface area contributed by atoms with Crippen molar-refractivity contribution in [3.05, 3.63) is 42.5 Å². The summed E-state index contributed by atoms with van der Waals surface area (Å²) in [4.78, 5) is 0. The Hall–Kier alpha value is -0.580. The van der Waals surface area contributed by atoms with E-state index in [0.717, 1.165) is 24.1 Å². The highest BCUT2D eigenvalue weighted by molar-refractivity contribution is 8.06. The maximum atomic E-state index is 5.66. The van der Waals surface area contributed by atoms with Gasteiger partial charge in [-0.3, -0.25) is 0 Å². The molecule has 1 aromatic rings. The molecule has 0 saturated carbocycles. The third-order valence-electron chi connectivity index (χ3n) is 2.90. The van der Waals surface area contributed by atoms with Crippen LogP contribution < -0.4 is 10.1 Å². The van der Waals surface area contributed by atoms with Gasteiger partial charge in [-0.25, -0.2) is 0 Å². The average molecular weight is 295 g/mol. The number of para-hydroxylation sites is 1. The lowest BCUT2D eigenvalue weighted by Gasteiger charge is -2.21. The van der Waals surface area contributed by atoms with Crippen molar-refractivity contribution in [2.45, 2.75) is 11.8 Å². The summed E-state index contributed by atoms with van der Waals surface area (Å²) in [5.74, 6) is 4.82. The fourth-order valence-electron chi connectivity index (χ4n) is 1.96. The molecule has 1 aliphatic heterocycles. The molecule has 1 aliphatic rings. The molecule has 0 spiro atoms. The number of hydrogen-bond donors (Lipinski definition) is 1. The highest BCUT2D eigenvalue weighted by atomic mass is 32.2. The van der Waals surface area contributed by atoms with Crippen LogP contribution in [0.5, 0.6) is 5.75 Å². The van der Waals surface area contributed by atoms with Gasteiger partial charge in [-0.05, 0) is 6.07 Å². The molecule has 0 bridgehead atoms. The lowest BCUT2D eigenvalue weighted by molar-refractivity contribution is 0.358. The van der Waals surface area contributed by atoms with Crippen molar-refractivity contribution in [2.75, 3.05) is 30.4 Å². The molecule has 0 radical (unpaired) electrons. The fraction of sp³-hybridized carbons (Fsp3) is 0.467. The second-order valence-corrected chi connectivity index (χ2v) is 6.96. The van der Waals surface area contributed by atoms with E-state index in [1.54, 1.807) is 6.08 Å². The molecular formula is C15H21NOS2. The Kier molecular flexibility index (Phi) is 6.68. The van der Waals surface area contributed by atoms with E-state index < -0.39 is 0 Å². The van der Waals surface area contributed by atoms with Gasteiger partial charge in [0.1, 0.15) is 12.4 Å². The molecule has 1 N–H and O–H groups in total. The summed E-state index contributed by atoms with van der Waals surface area (Å²) in [6.07, 6.45) is 1.78. The van der Waals surface area contributed by atoms with Crippen LogP contribution in [0.15, 0.2) is 36.9 Å². The minimum absolute atomic E-state index is 0.562. The summed E-state index contributed by atoms with van der Waals surface area (Å²) in [6, 6.07) is 8.21. The van der Waals surface area contributed by atoms with Gasteiger partial charge in [-0.1, -0.05) is 30.9 Å². The molecule has 2 rings (SSSR count). The average Bonchev–Trinajstić information content (AvgIpc) is 2.47. The van der Waals surface area contributed by atoms with Crippen molar-refractivity contribution >= 4 is 23.5 Å². The Morgan fingerprint density at radius 2 is 2.26 bits per heavy atom. The van der Waals surface area contributed by atoms with Crippen LogP contribution in [0.3, 0.4) is 0 Å². The number of rotatable bonds is 7. The molecule has 1 atom stereocenters. The van der Waals surface area contributed by atoms with E-state index in [9.17, 15) is 0 Å². The zero-order chi connectivity index (χ0) is 13.3. The first-order valence-corrected chi connectivity index (χ1v) is 8.82. The van der Waals surface area contributed by atoms with Gasteiger partial charge in [0.25, 0.3) is 0 Å². The lowest BCUT2D eigenvalue weighted by Crippen LogP contribution is -2.28. The van der Waals surface area contributed by atoms with Gasteiger partial charge >= 0.3 is 0 Å². The van der Waals surface area contributed by atoms with Crippen molar-refractivity contribution in [3.8, 4) is 5.75 Å². The number of thioether (sulfide) groups is 2. The minimum Gasteiger partial charge on any atom is -0.489 e. The summed E-state index contributed by atoms with van der Waals surface area (Å²) in [5.41, 5.74) is 1.22. The molecule has 0 aliphatic carbocycles. The quantitative estimate of drug-likeness (QED) is 0.780. The third-order valence-corrected chi connectivity index (χ3v) is 5.75. The molecule has 2 nitrogen and oxygen atoms in total. The van der Waals surface area contributed by atoms with Crippen LogP contribution in [0.25, 0.3) is 0 Å². The van der Waals surface area contributed by atoms with E-state index in [1.807, 2.05) is 12.1 Å². The molecular weight excluding hydrogens is 274 g/mol. The Labute approximate surface area is 124 Å². The zero-order valence-corrected chi connectivity index (χ0v) is 12.8. The number of hydrogen-bond acceptors (Lipinski definition) is 4. The van der Waals surface area contributed by atoms with Gasteiger partial charge in [0.15, 0.2) is 0 Å². The van der Waals surface area contributed by atoms with Crippen LogP contribution in [0.2, 0.25) is 0 Å². The van der Waals surface area contributed by atoms with Gasteiger partial charge in [0, 0.05) is 41.2 Å². The maximum Gasteiger partial charge on any atom is 0.124 e. The van der Waals surface area contributed by atoms with Crippen LogP contribution >= 0.6 is 23.5 Å². The van der Waals surface area contributed by atoms with Crippen molar-refractivity contribution in [1.82, 2.24) is 5.32 Å². The Morgan fingerprint density at radius 1 is 1.37 bits per heavy atom. The standard InChI is InChI=1S/C15H21NOS2/c1-2-7-17-15-6-4-3-5-13(15)10-16-11-14-12-18-8-9-19-14/h2-6,14,16H,1,7-12H2. The van der Waals surface area contributed by atoms with E-state index in [2.05, 4.69) is 47.6 Å². The van der Waals surface area contributed by atoms with Crippen molar-refractivity contribution in [1.29, 1.82) is 0 Å². The predicted molar refractivity (Wildman–Crippen MR) is 87.4 cm³/mol. The molecule has 1 fully saturated rings. The molecule has 1 unspecified atom stereocenters. The summed E-state index contributed by atoms with van der Waals surface area (Å²) >= 11 is 4.16. The van der Waals surface area contributed by atoms with Crippen LogP contribution in [0, 0.1) is 0 Å². The lowest BCUT2D eigenvalue weighted by atomic mass is 10.2. The largest absolute Gasteiger partial charge is 0.489 e. The highest BCUT2D eigenvalue weighted by Gasteiger charge is 2.13. The third kappa shape index (κ3) is 5.13. The zero-order valence-electron chi connectivity index (χ0n) is 11.1. The van der Waals surface area contributed by atoms with Crippen LogP contribution in [0.1, 0.15) is 5.56 Å². The first-order chi connectivity index (χ1) is 9.40. The monoisotopic (exact) mass is 295 g/mol. The Balaban J connectivity index is 1.79. The van der Waals surface area contributed by atoms with E-state index in [-0.39, 0.29) is 0 Å². The van der Waals surface area contributed by atoms with Gasteiger partial charge in [0.05, 0.1) is 0 Å². The Morgan fingerprint density at radius 3 is 3.05 bits per heavy atom. The molecule has 104 valence electrons. The highest BCUT2D eigenvalue weighted by Crippen LogP contribution is 2.23. The Bertz CT molecular complexity index is 391. The summed E-state index contributed by atoms with van der Waals surface area (Å²) in [5, 5.41) is 4.30. The number of ether oxygens (including phenoxy) is 1. The first-order valence-electron chi connectivity index (χ1n) is 6.62. The van der Waals surface area contributed by atoms with E-state index in [4.69, 9.17) is 4.74 Å². The minimum atomic E-state index is 0.562. The van der Waals surface area contributed by atoms with Gasteiger partial charge in [0.2, 0.25) is 0 Å². The first kappa shape index (κ1) is 14.8. The van der Waals surface area contributed by atoms with Crippen molar-refractivity contribution in [3.63, 3.8) is 0 Å². The topological polar surface area (TPSA) is 21.3 Å². The second kappa shape index (κ2) is 8.56. The summed E-state index contributed by atoms with van der Waals surface area (Å²) in [6.45, 7) is 6.19. The van der Waals surface area contributed by atoms with E-state index >= 15 is 0 Å². The SMILES string of the molecule is C=CCOc1ccccc1CNCC1CSCCS1. The molecule has 1 heterocycles. The smallest absolute Gasteiger partial charge is 0.124 e. The summed E-state index contributed by atoms with van der Waals surface area (Å²) < 4.78 is 5.66. The molecule has 0 aromatic heterocycles.